The maximum atomic E-state index is 6.21. The monoisotopic (exact) mass is 354 g/mol. The zero-order valence-corrected chi connectivity index (χ0v) is 15.6. The smallest absolute Gasteiger partial charge is 0.162 e. The Balaban J connectivity index is 1.97. The highest BCUT2D eigenvalue weighted by Gasteiger charge is 2.25. The summed E-state index contributed by atoms with van der Waals surface area (Å²) in [7, 11) is 3.21. The SMILES string of the molecule is C=CCC1CC=CC(C)N1Cc1nc(N)c2cc(OC)c(OC)cc2n1. The van der Waals surface area contributed by atoms with Crippen LogP contribution in [-0.4, -0.2) is 41.2 Å². The van der Waals surface area contributed by atoms with Gasteiger partial charge in [0.15, 0.2) is 11.5 Å². The van der Waals surface area contributed by atoms with Crippen LogP contribution in [0.4, 0.5) is 5.82 Å². The first-order valence-corrected chi connectivity index (χ1v) is 8.78. The number of nitrogen functional groups attached to an aromatic ring is 1. The summed E-state index contributed by atoms with van der Waals surface area (Å²) in [5.41, 5.74) is 6.96. The van der Waals surface area contributed by atoms with Crippen molar-refractivity contribution in [2.24, 2.45) is 0 Å². The lowest BCUT2D eigenvalue weighted by Gasteiger charge is -2.36. The van der Waals surface area contributed by atoms with Crippen molar-refractivity contribution in [3.05, 3.63) is 42.8 Å². The third-order valence-corrected chi connectivity index (χ3v) is 4.85. The molecule has 0 bridgehead atoms. The summed E-state index contributed by atoms with van der Waals surface area (Å²) in [6, 6.07) is 4.38. The van der Waals surface area contributed by atoms with Gasteiger partial charge in [0.1, 0.15) is 11.6 Å². The standard InChI is InChI=1S/C20H26N4O2/c1-5-7-14-9-6-8-13(2)24(14)12-19-22-16-11-18(26-4)17(25-3)10-15(16)20(21)23-19/h5-6,8,10-11,13-14H,1,7,9,12H2,2-4H3,(H2,21,22,23). The molecule has 0 radical (unpaired) electrons. The molecule has 3 rings (SSSR count). The van der Waals surface area contributed by atoms with Gasteiger partial charge in [0, 0.05) is 23.5 Å². The Hall–Kier alpha value is -2.60. The molecular formula is C20H26N4O2. The van der Waals surface area contributed by atoms with Crippen molar-refractivity contribution < 1.29 is 9.47 Å². The van der Waals surface area contributed by atoms with Crippen LogP contribution in [-0.2, 0) is 6.54 Å². The largest absolute Gasteiger partial charge is 0.493 e. The Labute approximate surface area is 154 Å². The molecule has 0 saturated heterocycles. The van der Waals surface area contributed by atoms with Gasteiger partial charge in [-0.2, -0.15) is 0 Å². The number of methoxy groups -OCH3 is 2. The first-order chi connectivity index (χ1) is 12.6. The van der Waals surface area contributed by atoms with Crippen LogP contribution in [0.2, 0.25) is 0 Å². The Bertz CT molecular complexity index is 834. The molecule has 0 fully saturated rings. The molecule has 6 nitrogen and oxygen atoms in total. The van der Waals surface area contributed by atoms with Crippen molar-refractivity contribution in [3.63, 3.8) is 0 Å². The topological polar surface area (TPSA) is 73.5 Å². The highest BCUT2D eigenvalue weighted by molar-refractivity contribution is 5.90. The minimum atomic E-state index is 0.319. The molecule has 1 aliphatic rings. The molecule has 2 atom stereocenters. The summed E-state index contributed by atoms with van der Waals surface area (Å²) >= 11 is 0. The van der Waals surface area contributed by atoms with Gasteiger partial charge in [-0.25, -0.2) is 9.97 Å². The van der Waals surface area contributed by atoms with Crippen LogP contribution in [0, 0.1) is 0 Å². The van der Waals surface area contributed by atoms with Gasteiger partial charge in [-0.05, 0) is 25.8 Å². The molecule has 26 heavy (non-hydrogen) atoms. The molecule has 1 aromatic heterocycles. The zero-order valence-electron chi connectivity index (χ0n) is 15.6. The minimum absolute atomic E-state index is 0.319. The second-order valence-corrected chi connectivity index (χ2v) is 6.50. The van der Waals surface area contributed by atoms with Crippen molar-refractivity contribution in [1.29, 1.82) is 0 Å². The van der Waals surface area contributed by atoms with Crippen molar-refractivity contribution in [3.8, 4) is 11.5 Å². The quantitative estimate of drug-likeness (QED) is 0.802. The van der Waals surface area contributed by atoms with Crippen LogP contribution in [0.25, 0.3) is 10.9 Å². The molecule has 2 aromatic rings. The van der Waals surface area contributed by atoms with Gasteiger partial charge in [-0.15, -0.1) is 6.58 Å². The van der Waals surface area contributed by atoms with E-state index in [4.69, 9.17) is 20.2 Å². The molecule has 0 amide bonds. The van der Waals surface area contributed by atoms with Crippen LogP contribution in [0.1, 0.15) is 25.6 Å². The molecule has 2 N–H and O–H groups in total. The van der Waals surface area contributed by atoms with E-state index in [2.05, 4.69) is 35.5 Å². The Morgan fingerprint density at radius 1 is 1.27 bits per heavy atom. The number of anilines is 1. The van der Waals surface area contributed by atoms with Crippen molar-refractivity contribution in [2.75, 3.05) is 20.0 Å². The highest BCUT2D eigenvalue weighted by atomic mass is 16.5. The van der Waals surface area contributed by atoms with Gasteiger partial charge in [0.05, 0.1) is 26.3 Å². The first-order valence-electron chi connectivity index (χ1n) is 8.78. The maximum absolute atomic E-state index is 6.21. The number of aromatic nitrogens is 2. The molecule has 2 heterocycles. The molecule has 2 unspecified atom stereocenters. The lowest BCUT2D eigenvalue weighted by atomic mass is 10.0. The van der Waals surface area contributed by atoms with E-state index in [1.54, 1.807) is 14.2 Å². The van der Waals surface area contributed by atoms with Gasteiger partial charge in [-0.1, -0.05) is 18.2 Å². The summed E-state index contributed by atoms with van der Waals surface area (Å²) < 4.78 is 10.7. The second kappa shape index (κ2) is 7.74. The third-order valence-electron chi connectivity index (χ3n) is 4.85. The average Bonchev–Trinajstić information content (AvgIpc) is 2.63. The molecule has 0 aliphatic carbocycles. The maximum Gasteiger partial charge on any atom is 0.162 e. The van der Waals surface area contributed by atoms with E-state index in [1.807, 2.05) is 18.2 Å². The van der Waals surface area contributed by atoms with Gasteiger partial charge in [0.25, 0.3) is 0 Å². The fourth-order valence-electron chi connectivity index (χ4n) is 3.47. The lowest BCUT2D eigenvalue weighted by molar-refractivity contribution is 0.147. The van der Waals surface area contributed by atoms with E-state index in [9.17, 15) is 0 Å². The summed E-state index contributed by atoms with van der Waals surface area (Å²) in [5, 5.41) is 0.764. The summed E-state index contributed by atoms with van der Waals surface area (Å²) in [6.07, 6.45) is 8.36. The summed E-state index contributed by atoms with van der Waals surface area (Å²) in [4.78, 5) is 11.7. The van der Waals surface area contributed by atoms with Crippen molar-refractivity contribution in [2.45, 2.75) is 38.4 Å². The molecule has 1 aliphatic heterocycles. The first kappa shape index (κ1) is 18.2. The fraction of sp³-hybridized carbons (Fsp3) is 0.400. The van der Waals surface area contributed by atoms with Crippen LogP contribution in [0.3, 0.4) is 0 Å². The number of nitrogens with two attached hydrogens (primary N) is 1. The van der Waals surface area contributed by atoms with E-state index in [1.165, 1.54) is 0 Å². The summed E-state index contributed by atoms with van der Waals surface area (Å²) in [6.45, 7) is 6.71. The Kier molecular flexibility index (Phi) is 5.42. The number of ether oxygens (including phenoxy) is 2. The number of hydrogen-bond acceptors (Lipinski definition) is 6. The molecule has 138 valence electrons. The molecule has 1 aromatic carbocycles. The normalized spacial score (nSPS) is 20.3. The van der Waals surface area contributed by atoms with Crippen LogP contribution < -0.4 is 15.2 Å². The molecule has 0 spiro atoms. The predicted molar refractivity (Wildman–Crippen MR) is 104 cm³/mol. The second-order valence-electron chi connectivity index (χ2n) is 6.50. The van der Waals surface area contributed by atoms with Crippen LogP contribution in [0.5, 0.6) is 11.5 Å². The van der Waals surface area contributed by atoms with Gasteiger partial charge in [0.2, 0.25) is 0 Å². The number of benzene rings is 1. The fourth-order valence-corrected chi connectivity index (χ4v) is 3.47. The number of fused-ring (bicyclic) bond motifs is 1. The Morgan fingerprint density at radius 2 is 2.00 bits per heavy atom. The van der Waals surface area contributed by atoms with E-state index in [0.717, 1.165) is 23.7 Å². The third kappa shape index (κ3) is 3.51. The number of hydrogen-bond donors (Lipinski definition) is 1. The van der Waals surface area contributed by atoms with Crippen LogP contribution >= 0.6 is 0 Å². The van der Waals surface area contributed by atoms with Gasteiger partial charge in [-0.3, -0.25) is 4.90 Å². The minimum Gasteiger partial charge on any atom is -0.493 e. The van der Waals surface area contributed by atoms with Gasteiger partial charge < -0.3 is 15.2 Å². The predicted octanol–water partition coefficient (Wildman–Crippen LogP) is 3.32. The van der Waals surface area contributed by atoms with Gasteiger partial charge >= 0.3 is 0 Å². The average molecular weight is 354 g/mol. The van der Waals surface area contributed by atoms with E-state index >= 15 is 0 Å². The molecule has 6 heteroatoms. The number of rotatable bonds is 6. The van der Waals surface area contributed by atoms with Crippen molar-refractivity contribution in [1.82, 2.24) is 14.9 Å². The molecular weight excluding hydrogens is 328 g/mol. The highest BCUT2D eigenvalue weighted by Crippen LogP contribution is 2.33. The summed E-state index contributed by atoms with van der Waals surface area (Å²) in [5.74, 6) is 2.40. The van der Waals surface area contributed by atoms with E-state index in [0.29, 0.717) is 41.8 Å². The van der Waals surface area contributed by atoms with Crippen molar-refractivity contribution >= 4 is 16.7 Å². The number of nitrogens with zero attached hydrogens (tertiary/aromatic N) is 3. The zero-order chi connectivity index (χ0) is 18.7. The van der Waals surface area contributed by atoms with Crippen LogP contribution in [0.15, 0.2) is 36.9 Å². The lowest BCUT2D eigenvalue weighted by Crippen LogP contribution is -2.42. The molecule has 0 saturated carbocycles. The Morgan fingerprint density at radius 3 is 2.69 bits per heavy atom. The van der Waals surface area contributed by atoms with E-state index < -0.39 is 0 Å². The van der Waals surface area contributed by atoms with E-state index in [-0.39, 0.29) is 0 Å².